The van der Waals surface area contributed by atoms with Crippen LogP contribution in [0.4, 0.5) is 0 Å². The summed E-state index contributed by atoms with van der Waals surface area (Å²) in [6, 6.07) is 17.9. The van der Waals surface area contributed by atoms with Crippen LogP contribution < -0.4 is 4.74 Å². The molecule has 162 valence electrons. The Morgan fingerprint density at radius 3 is 2.10 bits per heavy atom. The van der Waals surface area contributed by atoms with Gasteiger partial charge in [0.2, 0.25) is 0 Å². The van der Waals surface area contributed by atoms with Crippen LogP contribution in [0.25, 0.3) is 22.5 Å². The van der Waals surface area contributed by atoms with Crippen molar-refractivity contribution in [3.63, 3.8) is 0 Å². The van der Waals surface area contributed by atoms with Crippen LogP contribution in [0, 0.1) is 12.1 Å². The van der Waals surface area contributed by atoms with E-state index in [0.29, 0.717) is 11.5 Å². The first-order valence-electron chi connectivity index (χ1n) is 10.2. The van der Waals surface area contributed by atoms with Gasteiger partial charge in [0.15, 0.2) is 0 Å². The van der Waals surface area contributed by atoms with Crippen molar-refractivity contribution in [2.75, 3.05) is 0 Å². The molecule has 0 radical (unpaired) electrons. The summed E-state index contributed by atoms with van der Waals surface area (Å²) in [5.41, 5.74) is 3.20. The first-order chi connectivity index (χ1) is 14.7. The van der Waals surface area contributed by atoms with Crippen molar-refractivity contribution < 1.29 is 25.8 Å². The Morgan fingerprint density at radius 2 is 1.48 bits per heavy atom. The van der Waals surface area contributed by atoms with E-state index < -0.39 is 0 Å². The van der Waals surface area contributed by atoms with Crippen molar-refractivity contribution >= 4 is 0 Å². The molecule has 8 heteroatoms. The number of unbranched alkanes of at least 4 members (excludes halogenated alkanes) is 3. The Kier molecular flexibility index (Phi) is 8.12. The fourth-order valence-electron chi connectivity index (χ4n) is 3.13. The van der Waals surface area contributed by atoms with Gasteiger partial charge in [0.05, 0.1) is 0 Å². The summed E-state index contributed by atoms with van der Waals surface area (Å²) in [7, 11) is 1.83. The fraction of sp³-hybridized carbons (Fsp3) is 0.304. The molecule has 0 N–H and O–H groups in total. The first-order valence-corrected chi connectivity index (χ1v) is 10.2. The summed E-state index contributed by atoms with van der Waals surface area (Å²) in [4.78, 5) is 0. The van der Waals surface area contributed by atoms with Crippen molar-refractivity contribution in [3.05, 3.63) is 60.9 Å². The summed E-state index contributed by atoms with van der Waals surface area (Å²) < 4.78 is 9.54. The molecule has 0 amide bonds. The van der Waals surface area contributed by atoms with Gasteiger partial charge in [-0.15, -0.1) is 47.5 Å². The van der Waals surface area contributed by atoms with Crippen LogP contribution in [0.15, 0.2) is 48.8 Å². The molecular weight excluding hydrogens is 571 g/mol. The van der Waals surface area contributed by atoms with E-state index in [0.717, 1.165) is 35.5 Å². The fourth-order valence-corrected chi connectivity index (χ4v) is 3.13. The largest absolute Gasteiger partial charge is 2.00 e. The van der Waals surface area contributed by atoms with Crippen LogP contribution in [-0.2, 0) is 34.7 Å². The van der Waals surface area contributed by atoms with E-state index in [2.05, 4.69) is 39.7 Å². The van der Waals surface area contributed by atoms with Gasteiger partial charge in [-0.1, -0.05) is 48.7 Å². The number of aryl methyl sites for hydroxylation is 2. The molecule has 0 aliphatic heterocycles. The Bertz CT molecular complexity index is 1110. The zero-order chi connectivity index (χ0) is 20.8. The monoisotopic (exact) mass is 595 g/mol. The Balaban J connectivity index is 0.00000272. The van der Waals surface area contributed by atoms with Crippen molar-refractivity contribution in [1.29, 1.82) is 0 Å². The predicted octanol–water partition coefficient (Wildman–Crippen LogP) is 4.71. The third-order valence-corrected chi connectivity index (χ3v) is 4.69. The smallest absolute Gasteiger partial charge is 0.497 e. The van der Waals surface area contributed by atoms with Crippen molar-refractivity contribution in [3.8, 4) is 34.0 Å². The van der Waals surface area contributed by atoms with Crippen molar-refractivity contribution in [2.24, 2.45) is 7.05 Å². The average molecular weight is 596 g/mol. The maximum atomic E-state index is 5.99. The minimum atomic E-state index is 0. The normalized spacial score (nSPS) is 10.6. The second kappa shape index (κ2) is 11.0. The maximum Gasteiger partial charge on any atom is 2.00 e. The van der Waals surface area contributed by atoms with Crippen LogP contribution in [0.2, 0.25) is 0 Å². The summed E-state index contributed by atoms with van der Waals surface area (Å²) >= 11 is 0. The second-order valence-corrected chi connectivity index (χ2v) is 7.16. The van der Waals surface area contributed by atoms with Crippen molar-refractivity contribution in [1.82, 2.24) is 30.0 Å². The molecule has 4 rings (SSSR count). The number of benzene rings is 2. The van der Waals surface area contributed by atoms with Crippen LogP contribution in [0.5, 0.6) is 11.5 Å². The summed E-state index contributed by atoms with van der Waals surface area (Å²) in [6.07, 6.45) is 8.61. The zero-order valence-corrected chi connectivity index (χ0v) is 19.8. The number of nitrogens with zero attached hydrogens (tertiary/aromatic N) is 6. The van der Waals surface area contributed by atoms with E-state index >= 15 is 0 Å². The zero-order valence-electron chi connectivity index (χ0n) is 17.6. The van der Waals surface area contributed by atoms with Gasteiger partial charge in [-0.3, -0.25) is 9.36 Å². The van der Waals surface area contributed by atoms with Crippen molar-refractivity contribution in [2.45, 2.75) is 39.2 Å². The van der Waals surface area contributed by atoms with E-state index in [1.165, 1.54) is 19.3 Å². The van der Waals surface area contributed by atoms with Gasteiger partial charge in [-0.25, -0.2) is 0 Å². The SMILES string of the molecule is CCCCCCn1cc(-c2[c-]c(Oc3[c-]c(-c4cn(C)nn4)ccc3)ccc2)nn1.[Pt+2]. The van der Waals surface area contributed by atoms with Gasteiger partial charge >= 0.3 is 21.1 Å². The van der Waals surface area contributed by atoms with E-state index in [9.17, 15) is 0 Å². The Hall–Kier alpha value is -2.79. The first kappa shape index (κ1) is 22.9. The van der Waals surface area contributed by atoms with E-state index in [1.807, 2.05) is 60.5 Å². The standard InChI is InChI=1S/C23H24N6O.Pt/c1-3-4-5-6-13-29-17-23(25-27-29)19-10-8-12-21(15-19)30-20-11-7-9-18(14-20)22-16-28(2)26-24-22;/h7-12,16-17H,3-6,13H2,1-2H3;/q-2;+2. The number of rotatable bonds is 9. The number of hydrogen-bond acceptors (Lipinski definition) is 5. The molecule has 0 aliphatic rings. The van der Waals surface area contributed by atoms with Gasteiger partial charge in [0.25, 0.3) is 0 Å². The predicted molar refractivity (Wildman–Crippen MR) is 114 cm³/mol. The summed E-state index contributed by atoms with van der Waals surface area (Å²) in [5.74, 6) is 1.18. The molecular formula is C23H24N6OPt. The van der Waals surface area contributed by atoms with Gasteiger partial charge in [-0.05, 0) is 6.42 Å². The van der Waals surface area contributed by atoms with Crippen LogP contribution in [0.1, 0.15) is 32.6 Å². The summed E-state index contributed by atoms with van der Waals surface area (Å²) in [6.45, 7) is 3.09. The molecule has 0 aliphatic carbocycles. The van der Waals surface area contributed by atoms with E-state index in [1.54, 1.807) is 4.68 Å². The molecule has 0 saturated carbocycles. The molecule has 7 nitrogen and oxygen atoms in total. The molecule has 2 heterocycles. The molecule has 0 unspecified atom stereocenters. The summed E-state index contributed by atoms with van der Waals surface area (Å²) in [5, 5.41) is 16.6. The Labute approximate surface area is 196 Å². The topological polar surface area (TPSA) is 70.7 Å². The number of aromatic nitrogens is 6. The molecule has 0 saturated heterocycles. The van der Waals surface area contributed by atoms with Crippen LogP contribution >= 0.6 is 0 Å². The average Bonchev–Trinajstić information content (AvgIpc) is 3.41. The number of ether oxygens (including phenoxy) is 1. The van der Waals surface area contributed by atoms with Gasteiger partial charge in [0.1, 0.15) is 0 Å². The van der Waals surface area contributed by atoms with E-state index in [4.69, 9.17) is 4.74 Å². The minimum Gasteiger partial charge on any atom is -0.497 e. The van der Waals surface area contributed by atoms with Crippen LogP contribution in [-0.4, -0.2) is 30.0 Å². The third kappa shape index (κ3) is 6.11. The quantitative estimate of drug-likeness (QED) is 0.207. The Morgan fingerprint density at radius 1 is 0.839 bits per heavy atom. The molecule has 0 spiro atoms. The molecule has 4 aromatic rings. The van der Waals surface area contributed by atoms with Crippen LogP contribution in [0.3, 0.4) is 0 Å². The van der Waals surface area contributed by atoms with Gasteiger partial charge in [0, 0.05) is 48.9 Å². The van der Waals surface area contributed by atoms with Gasteiger partial charge in [-0.2, -0.15) is 10.2 Å². The maximum absolute atomic E-state index is 5.99. The van der Waals surface area contributed by atoms with Gasteiger partial charge < -0.3 is 4.74 Å². The van der Waals surface area contributed by atoms with E-state index in [-0.39, 0.29) is 21.1 Å². The molecule has 0 fully saturated rings. The molecule has 0 atom stereocenters. The molecule has 2 aromatic heterocycles. The molecule has 2 aromatic carbocycles. The number of hydrogen-bond donors (Lipinski definition) is 0. The molecule has 31 heavy (non-hydrogen) atoms. The second-order valence-electron chi connectivity index (χ2n) is 7.16. The molecule has 0 bridgehead atoms. The minimum absolute atomic E-state index is 0. The third-order valence-electron chi connectivity index (χ3n) is 4.69.